The minimum Gasteiger partial charge on any atom is -0.380 e. The summed E-state index contributed by atoms with van der Waals surface area (Å²) in [4.78, 5) is 2.50. The summed E-state index contributed by atoms with van der Waals surface area (Å²) in [6.07, 6.45) is 8.59. The van der Waals surface area contributed by atoms with E-state index >= 15 is 0 Å². The molecule has 0 unspecified atom stereocenters. The first-order valence-corrected chi connectivity index (χ1v) is 11.7. The molecular weight excluding hydrogens is 338 g/mol. The highest BCUT2D eigenvalue weighted by atomic mass is 16.7. The zero-order chi connectivity index (χ0) is 20.1. The fourth-order valence-corrected chi connectivity index (χ4v) is 4.36. The Morgan fingerprint density at radius 1 is 1.07 bits per heavy atom. The van der Waals surface area contributed by atoms with Crippen molar-refractivity contribution >= 4 is 0 Å². The molecule has 27 heavy (non-hydrogen) atoms. The minimum atomic E-state index is -0.251. The van der Waals surface area contributed by atoms with Gasteiger partial charge in [0, 0.05) is 32.5 Å². The Balaban J connectivity index is 0.00000176. The van der Waals surface area contributed by atoms with Crippen molar-refractivity contribution < 1.29 is 14.2 Å². The van der Waals surface area contributed by atoms with E-state index in [2.05, 4.69) is 32.6 Å². The Hall–Kier alpha value is -0.160. The van der Waals surface area contributed by atoms with Gasteiger partial charge in [-0.2, -0.15) is 0 Å². The molecule has 2 aliphatic rings. The molecule has 4 nitrogen and oxygen atoms in total. The summed E-state index contributed by atoms with van der Waals surface area (Å²) in [7, 11) is 0. The SMILES string of the molecule is CC.CCCN(CCOCC)CC[C@H]1COC2(CCC(CC(C)C)CC2)O1. The van der Waals surface area contributed by atoms with Gasteiger partial charge in [-0.05, 0) is 57.4 Å². The summed E-state index contributed by atoms with van der Waals surface area (Å²) < 4.78 is 18.1. The molecule has 2 rings (SSSR count). The van der Waals surface area contributed by atoms with Crippen LogP contribution in [0.15, 0.2) is 0 Å². The van der Waals surface area contributed by atoms with Crippen molar-refractivity contribution in [3.05, 3.63) is 0 Å². The summed E-state index contributed by atoms with van der Waals surface area (Å²) in [6, 6.07) is 0. The highest BCUT2D eigenvalue weighted by molar-refractivity contribution is 4.86. The molecular formula is C23H47NO3. The van der Waals surface area contributed by atoms with Gasteiger partial charge in [0.15, 0.2) is 5.79 Å². The zero-order valence-corrected chi connectivity index (χ0v) is 19.1. The minimum absolute atomic E-state index is 0.251. The summed E-state index contributed by atoms with van der Waals surface area (Å²) in [5, 5.41) is 0. The smallest absolute Gasteiger partial charge is 0.168 e. The van der Waals surface area contributed by atoms with Crippen molar-refractivity contribution in [3.8, 4) is 0 Å². The van der Waals surface area contributed by atoms with E-state index in [4.69, 9.17) is 14.2 Å². The van der Waals surface area contributed by atoms with Crippen LogP contribution < -0.4 is 0 Å². The lowest BCUT2D eigenvalue weighted by Gasteiger charge is -2.36. The van der Waals surface area contributed by atoms with Gasteiger partial charge >= 0.3 is 0 Å². The van der Waals surface area contributed by atoms with Crippen molar-refractivity contribution in [1.29, 1.82) is 0 Å². The maximum atomic E-state index is 6.42. The van der Waals surface area contributed by atoms with Gasteiger partial charge in [-0.3, -0.25) is 0 Å². The third-order valence-corrected chi connectivity index (χ3v) is 5.65. The molecule has 1 heterocycles. The second kappa shape index (κ2) is 13.9. The molecule has 0 amide bonds. The molecule has 1 aliphatic carbocycles. The average molecular weight is 386 g/mol. The molecule has 1 spiro atoms. The van der Waals surface area contributed by atoms with Crippen molar-refractivity contribution in [2.24, 2.45) is 11.8 Å². The maximum absolute atomic E-state index is 6.42. The molecule has 0 aromatic carbocycles. The van der Waals surface area contributed by atoms with Gasteiger partial charge in [0.2, 0.25) is 0 Å². The van der Waals surface area contributed by atoms with E-state index < -0.39 is 0 Å². The lowest BCUT2D eigenvalue weighted by atomic mass is 9.81. The van der Waals surface area contributed by atoms with E-state index in [-0.39, 0.29) is 11.9 Å². The van der Waals surface area contributed by atoms with E-state index in [0.29, 0.717) is 0 Å². The van der Waals surface area contributed by atoms with Crippen LogP contribution in [0, 0.1) is 11.8 Å². The summed E-state index contributed by atoms with van der Waals surface area (Å²) >= 11 is 0. The van der Waals surface area contributed by atoms with Gasteiger partial charge in [-0.1, -0.05) is 34.6 Å². The first-order chi connectivity index (χ1) is 13.1. The van der Waals surface area contributed by atoms with Gasteiger partial charge in [-0.25, -0.2) is 0 Å². The number of hydrogen-bond donors (Lipinski definition) is 0. The number of ether oxygens (including phenoxy) is 3. The second-order valence-corrected chi connectivity index (χ2v) is 8.36. The Kier molecular flexibility index (Phi) is 12.8. The topological polar surface area (TPSA) is 30.9 Å². The Morgan fingerprint density at radius 2 is 1.78 bits per heavy atom. The molecule has 1 saturated heterocycles. The Bertz CT molecular complexity index is 354. The van der Waals surface area contributed by atoms with E-state index in [0.717, 1.165) is 70.6 Å². The molecule has 1 aliphatic heterocycles. The Morgan fingerprint density at radius 3 is 2.37 bits per heavy atom. The average Bonchev–Trinajstić information content (AvgIpc) is 3.06. The van der Waals surface area contributed by atoms with Crippen LogP contribution in [0.25, 0.3) is 0 Å². The zero-order valence-electron chi connectivity index (χ0n) is 19.1. The number of nitrogens with zero attached hydrogens (tertiary/aromatic N) is 1. The molecule has 4 heteroatoms. The standard InChI is InChI=1S/C21H41NO3.C2H6/c1-5-12-22(14-15-23-6-2)13-9-20-17-24-21(25-20)10-7-19(8-11-21)16-18(3)4;1-2/h18-20H,5-17H2,1-4H3;1-2H3/t19?,20-,21?;/m0./s1. The molecule has 1 saturated carbocycles. The van der Waals surface area contributed by atoms with Crippen LogP contribution in [-0.2, 0) is 14.2 Å². The lowest BCUT2D eigenvalue weighted by molar-refractivity contribution is -0.193. The Labute approximate surface area is 169 Å². The van der Waals surface area contributed by atoms with Crippen LogP contribution in [-0.4, -0.2) is 56.2 Å². The van der Waals surface area contributed by atoms with Gasteiger partial charge in [0.05, 0.1) is 19.3 Å². The first-order valence-electron chi connectivity index (χ1n) is 11.7. The van der Waals surface area contributed by atoms with Crippen LogP contribution in [0.4, 0.5) is 0 Å². The lowest BCUT2D eigenvalue weighted by Crippen LogP contribution is -2.37. The first kappa shape index (κ1) is 24.9. The molecule has 162 valence electrons. The second-order valence-electron chi connectivity index (χ2n) is 8.36. The van der Waals surface area contributed by atoms with E-state index in [9.17, 15) is 0 Å². The predicted molar refractivity (Wildman–Crippen MR) is 114 cm³/mol. The fourth-order valence-electron chi connectivity index (χ4n) is 4.36. The van der Waals surface area contributed by atoms with E-state index in [1.54, 1.807) is 0 Å². The van der Waals surface area contributed by atoms with Gasteiger partial charge in [-0.15, -0.1) is 0 Å². The monoisotopic (exact) mass is 385 g/mol. The van der Waals surface area contributed by atoms with Crippen LogP contribution in [0.3, 0.4) is 0 Å². The maximum Gasteiger partial charge on any atom is 0.168 e. The number of rotatable bonds is 11. The summed E-state index contributed by atoms with van der Waals surface area (Å²) in [6.45, 7) is 18.6. The van der Waals surface area contributed by atoms with Crippen LogP contribution in [0.5, 0.6) is 0 Å². The van der Waals surface area contributed by atoms with Crippen molar-refractivity contribution in [2.45, 2.75) is 98.4 Å². The molecule has 0 aromatic heterocycles. The van der Waals surface area contributed by atoms with Gasteiger partial charge in [0.1, 0.15) is 0 Å². The quantitative estimate of drug-likeness (QED) is 0.439. The fraction of sp³-hybridized carbons (Fsp3) is 1.00. The summed E-state index contributed by atoms with van der Waals surface area (Å²) in [5.41, 5.74) is 0. The van der Waals surface area contributed by atoms with E-state index in [1.165, 1.54) is 25.7 Å². The van der Waals surface area contributed by atoms with Gasteiger partial charge < -0.3 is 19.1 Å². The molecule has 0 aromatic rings. The van der Waals surface area contributed by atoms with Crippen molar-refractivity contribution in [3.63, 3.8) is 0 Å². The highest BCUT2D eigenvalue weighted by Crippen LogP contribution is 2.42. The van der Waals surface area contributed by atoms with Crippen LogP contribution >= 0.6 is 0 Å². The third kappa shape index (κ3) is 9.25. The number of hydrogen-bond acceptors (Lipinski definition) is 4. The van der Waals surface area contributed by atoms with Crippen molar-refractivity contribution in [2.75, 3.05) is 39.5 Å². The highest BCUT2D eigenvalue weighted by Gasteiger charge is 2.43. The molecule has 0 radical (unpaired) electrons. The third-order valence-electron chi connectivity index (χ3n) is 5.65. The van der Waals surface area contributed by atoms with E-state index in [1.807, 2.05) is 13.8 Å². The predicted octanol–water partition coefficient (Wildman–Crippen LogP) is 5.50. The molecule has 0 N–H and O–H groups in total. The summed E-state index contributed by atoms with van der Waals surface area (Å²) in [5.74, 6) is 1.42. The van der Waals surface area contributed by atoms with Gasteiger partial charge in [0.25, 0.3) is 0 Å². The molecule has 0 bridgehead atoms. The van der Waals surface area contributed by atoms with Crippen LogP contribution in [0.1, 0.15) is 86.5 Å². The largest absolute Gasteiger partial charge is 0.380 e. The van der Waals surface area contributed by atoms with Crippen LogP contribution in [0.2, 0.25) is 0 Å². The molecule has 2 fully saturated rings. The normalized spacial score (nSPS) is 28.0. The van der Waals surface area contributed by atoms with Crippen molar-refractivity contribution in [1.82, 2.24) is 4.90 Å². The molecule has 1 atom stereocenters.